The number of ether oxygens (including phenoxy) is 1. The number of hydrogen-bond acceptors (Lipinski definition) is 2. The third kappa shape index (κ3) is 4.36. The van der Waals surface area contributed by atoms with Crippen LogP contribution in [0.3, 0.4) is 0 Å². The van der Waals surface area contributed by atoms with E-state index in [0.29, 0.717) is 16.1 Å². The van der Waals surface area contributed by atoms with Crippen LogP contribution in [0.2, 0.25) is 5.02 Å². The van der Waals surface area contributed by atoms with Gasteiger partial charge in [0.2, 0.25) is 0 Å². The van der Waals surface area contributed by atoms with Gasteiger partial charge < -0.3 is 10.5 Å². The average Bonchev–Trinajstić information content (AvgIpc) is 2.40. The van der Waals surface area contributed by atoms with Crippen LogP contribution in [0.15, 0.2) is 46.9 Å². The predicted octanol–water partition coefficient (Wildman–Crippen LogP) is 5.05. The zero-order chi connectivity index (χ0) is 15.6. The molecule has 0 bridgehead atoms. The minimum atomic E-state index is -4.71. The largest absolute Gasteiger partial charge is 0.573 e. The Balaban J connectivity index is 2.24. The van der Waals surface area contributed by atoms with Crippen LogP contribution in [0.5, 0.6) is 5.75 Å². The average molecular weight is 381 g/mol. The number of halogens is 5. The van der Waals surface area contributed by atoms with E-state index in [-0.39, 0.29) is 5.75 Å². The lowest BCUT2D eigenvalue weighted by Gasteiger charge is -2.15. The van der Waals surface area contributed by atoms with Crippen molar-refractivity contribution in [1.29, 1.82) is 0 Å². The van der Waals surface area contributed by atoms with Gasteiger partial charge in [0.1, 0.15) is 5.75 Å². The summed E-state index contributed by atoms with van der Waals surface area (Å²) in [4.78, 5) is 0. The smallest absolute Gasteiger partial charge is 0.406 e. The molecule has 0 saturated carbocycles. The normalized spacial score (nSPS) is 13.0. The van der Waals surface area contributed by atoms with E-state index in [4.69, 9.17) is 17.3 Å². The number of benzene rings is 2. The molecule has 112 valence electrons. The van der Waals surface area contributed by atoms with Crippen LogP contribution in [0.1, 0.15) is 17.2 Å². The molecule has 2 nitrogen and oxygen atoms in total. The molecule has 1 atom stereocenters. The summed E-state index contributed by atoms with van der Waals surface area (Å²) in [6.45, 7) is 0. The second-order valence-corrected chi connectivity index (χ2v) is 5.58. The molecule has 0 amide bonds. The topological polar surface area (TPSA) is 35.2 Å². The Morgan fingerprint density at radius 2 is 1.71 bits per heavy atom. The fourth-order valence-corrected chi connectivity index (χ4v) is 2.42. The van der Waals surface area contributed by atoms with E-state index in [1.54, 1.807) is 18.2 Å². The van der Waals surface area contributed by atoms with E-state index < -0.39 is 12.4 Å². The monoisotopic (exact) mass is 379 g/mol. The molecule has 0 radical (unpaired) electrons. The van der Waals surface area contributed by atoms with E-state index >= 15 is 0 Å². The lowest BCUT2D eigenvalue weighted by Crippen LogP contribution is -2.17. The third-order valence-electron chi connectivity index (χ3n) is 2.77. The summed E-state index contributed by atoms with van der Waals surface area (Å²) in [5.41, 5.74) is 7.40. The first-order valence-corrected chi connectivity index (χ1v) is 6.99. The highest BCUT2D eigenvalue weighted by molar-refractivity contribution is 9.10. The maximum atomic E-state index is 12.1. The molecular formula is C14H10BrClF3NO. The Bertz CT molecular complexity index is 631. The van der Waals surface area contributed by atoms with Crippen LogP contribution in [0.25, 0.3) is 0 Å². The second-order valence-electron chi connectivity index (χ2n) is 4.26. The van der Waals surface area contributed by atoms with Crippen molar-refractivity contribution in [2.75, 3.05) is 0 Å². The SMILES string of the molecule is N[C@H](c1ccc(OC(F)(F)F)cc1)c1cc(Br)ccc1Cl. The highest BCUT2D eigenvalue weighted by Gasteiger charge is 2.31. The Labute approximate surface area is 132 Å². The van der Waals surface area contributed by atoms with Gasteiger partial charge in [-0.15, -0.1) is 13.2 Å². The van der Waals surface area contributed by atoms with Crippen molar-refractivity contribution < 1.29 is 17.9 Å². The minimum Gasteiger partial charge on any atom is -0.406 e. The van der Waals surface area contributed by atoms with Gasteiger partial charge in [0, 0.05) is 9.50 Å². The van der Waals surface area contributed by atoms with Gasteiger partial charge in [-0.2, -0.15) is 0 Å². The van der Waals surface area contributed by atoms with E-state index in [9.17, 15) is 13.2 Å². The molecule has 0 aliphatic heterocycles. The summed E-state index contributed by atoms with van der Waals surface area (Å²) in [5, 5.41) is 0.487. The van der Waals surface area contributed by atoms with Crippen molar-refractivity contribution in [2.24, 2.45) is 5.73 Å². The lowest BCUT2D eigenvalue weighted by molar-refractivity contribution is -0.274. The van der Waals surface area contributed by atoms with Gasteiger partial charge in [0.25, 0.3) is 0 Å². The molecule has 0 spiro atoms. The van der Waals surface area contributed by atoms with Gasteiger partial charge in [0.05, 0.1) is 6.04 Å². The molecule has 2 N–H and O–H groups in total. The van der Waals surface area contributed by atoms with Gasteiger partial charge in [-0.3, -0.25) is 0 Å². The quantitative estimate of drug-likeness (QED) is 0.809. The predicted molar refractivity (Wildman–Crippen MR) is 78.3 cm³/mol. The molecule has 7 heteroatoms. The first-order chi connectivity index (χ1) is 9.76. The van der Waals surface area contributed by atoms with Crippen LogP contribution in [0, 0.1) is 0 Å². The zero-order valence-electron chi connectivity index (χ0n) is 10.5. The summed E-state index contributed by atoms with van der Waals surface area (Å²) < 4.78 is 40.9. The molecule has 0 aliphatic rings. The van der Waals surface area contributed by atoms with E-state index in [2.05, 4.69) is 20.7 Å². The zero-order valence-corrected chi connectivity index (χ0v) is 12.8. The molecular weight excluding hydrogens is 371 g/mol. The number of nitrogens with two attached hydrogens (primary N) is 1. The molecule has 0 fully saturated rings. The Morgan fingerprint density at radius 3 is 2.29 bits per heavy atom. The second kappa shape index (κ2) is 6.25. The molecule has 0 saturated heterocycles. The molecule has 2 aromatic rings. The Hall–Kier alpha value is -1.24. The molecule has 0 aliphatic carbocycles. The maximum absolute atomic E-state index is 12.1. The van der Waals surface area contributed by atoms with E-state index in [0.717, 1.165) is 4.47 Å². The minimum absolute atomic E-state index is 0.293. The van der Waals surface area contributed by atoms with Crippen molar-refractivity contribution in [3.05, 3.63) is 63.1 Å². The summed E-state index contributed by atoms with van der Waals surface area (Å²) in [6, 6.07) is 10.1. The number of rotatable bonds is 3. The number of hydrogen-bond donors (Lipinski definition) is 1. The van der Waals surface area contributed by atoms with Crippen molar-refractivity contribution in [2.45, 2.75) is 12.4 Å². The van der Waals surface area contributed by atoms with E-state index in [1.807, 2.05) is 0 Å². The van der Waals surface area contributed by atoms with Gasteiger partial charge in [-0.25, -0.2) is 0 Å². The van der Waals surface area contributed by atoms with Gasteiger partial charge in [-0.05, 0) is 41.5 Å². The summed E-state index contributed by atoms with van der Waals surface area (Å²) >= 11 is 9.41. The van der Waals surface area contributed by atoms with Crippen molar-refractivity contribution in [3.63, 3.8) is 0 Å². The third-order valence-corrected chi connectivity index (χ3v) is 3.60. The standard InChI is InChI=1S/C14H10BrClF3NO/c15-9-3-6-12(16)11(7-9)13(20)8-1-4-10(5-2-8)21-14(17,18)19/h1-7,13H,20H2/t13-/m1/s1. The molecule has 2 aromatic carbocycles. The molecule has 0 unspecified atom stereocenters. The Morgan fingerprint density at radius 1 is 1.10 bits per heavy atom. The summed E-state index contributed by atoms with van der Waals surface area (Å²) in [7, 11) is 0. The highest BCUT2D eigenvalue weighted by atomic mass is 79.9. The van der Waals surface area contributed by atoms with Gasteiger partial charge >= 0.3 is 6.36 Å². The van der Waals surface area contributed by atoms with Crippen molar-refractivity contribution in [1.82, 2.24) is 0 Å². The lowest BCUT2D eigenvalue weighted by atomic mass is 9.99. The van der Waals surface area contributed by atoms with E-state index in [1.165, 1.54) is 24.3 Å². The molecule has 0 aromatic heterocycles. The van der Waals surface area contributed by atoms with Crippen LogP contribution in [0.4, 0.5) is 13.2 Å². The van der Waals surface area contributed by atoms with Gasteiger partial charge in [0.15, 0.2) is 0 Å². The highest BCUT2D eigenvalue weighted by Crippen LogP contribution is 2.30. The number of alkyl halides is 3. The Kier molecular flexibility index (Phi) is 4.81. The summed E-state index contributed by atoms with van der Waals surface area (Å²) in [5.74, 6) is -0.293. The van der Waals surface area contributed by atoms with Crippen molar-refractivity contribution in [3.8, 4) is 5.75 Å². The first-order valence-electron chi connectivity index (χ1n) is 5.82. The van der Waals surface area contributed by atoms with Crippen molar-refractivity contribution >= 4 is 27.5 Å². The maximum Gasteiger partial charge on any atom is 0.573 e. The fourth-order valence-electron chi connectivity index (χ4n) is 1.81. The van der Waals surface area contributed by atoms with Crippen LogP contribution >= 0.6 is 27.5 Å². The van der Waals surface area contributed by atoms with Gasteiger partial charge in [-0.1, -0.05) is 39.7 Å². The van der Waals surface area contributed by atoms with Crippen LogP contribution < -0.4 is 10.5 Å². The molecule has 21 heavy (non-hydrogen) atoms. The molecule has 2 rings (SSSR count). The van der Waals surface area contributed by atoms with Crippen LogP contribution in [-0.2, 0) is 0 Å². The molecule has 0 heterocycles. The summed E-state index contributed by atoms with van der Waals surface area (Å²) in [6.07, 6.45) is -4.71. The first kappa shape index (κ1) is 16.1. The van der Waals surface area contributed by atoms with Crippen LogP contribution in [-0.4, -0.2) is 6.36 Å². The fraction of sp³-hybridized carbons (Fsp3) is 0.143.